The van der Waals surface area contributed by atoms with Gasteiger partial charge in [0.15, 0.2) is 5.43 Å². The molecule has 0 aliphatic heterocycles. The third kappa shape index (κ3) is 4.00. The van der Waals surface area contributed by atoms with Gasteiger partial charge in [-0.1, -0.05) is 24.3 Å². The highest BCUT2D eigenvalue weighted by atomic mass is 16.5. The first-order valence-corrected chi connectivity index (χ1v) is 9.69. The summed E-state index contributed by atoms with van der Waals surface area (Å²) in [4.78, 5) is 37.7. The van der Waals surface area contributed by atoms with E-state index in [-0.39, 0.29) is 23.0 Å². The topological polar surface area (TPSA) is 131 Å². The lowest BCUT2D eigenvalue weighted by atomic mass is 9.87. The van der Waals surface area contributed by atoms with Crippen molar-refractivity contribution in [3.8, 4) is 5.75 Å². The highest BCUT2D eigenvalue weighted by Crippen LogP contribution is 2.28. The summed E-state index contributed by atoms with van der Waals surface area (Å²) in [7, 11) is 1.58. The number of nitrogens with two attached hydrogens (primary N) is 1. The first-order valence-electron chi connectivity index (χ1n) is 9.69. The van der Waals surface area contributed by atoms with Crippen molar-refractivity contribution in [1.82, 2.24) is 10.2 Å². The number of fused-ring (bicyclic) bond motifs is 1. The number of rotatable bonds is 7. The molecule has 4 aromatic rings. The molecule has 1 amide bonds. The summed E-state index contributed by atoms with van der Waals surface area (Å²) in [5.41, 5.74) is 7.16. The Hall–Kier alpha value is -4.07. The summed E-state index contributed by atoms with van der Waals surface area (Å²) >= 11 is 0. The fourth-order valence-corrected chi connectivity index (χ4v) is 3.76. The molecule has 0 bridgehead atoms. The van der Waals surface area contributed by atoms with Crippen LogP contribution in [-0.2, 0) is 11.2 Å². The van der Waals surface area contributed by atoms with Gasteiger partial charge >= 0.3 is 0 Å². The van der Waals surface area contributed by atoms with Crippen LogP contribution in [0.4, 0.5) is 0 Å². The number of aromatic amines is 2. The summed E-state index contributed by atoms with van der Waals surface area (Å²) in [6.07, 6.45) is 1.48. The zero-order valence-electron chi connectivity index (χ0n) is 16.8. The molecule has 0 aliphatic carbocycles. The highest BCUT2D eigenvalue weighted by Gasteiger charge is 2.28. The standard InChI is InChI=1S/C23H21N3O5/c1-30-14-8-6-13(7-9-14)10-18-21(23(29)26-25-18)16(11-20(24)27)17-12-31-19-5-3-2-4-15(19)22(17)28/h2-9,12,16H,10-11H2,1H3,(H2,24,27)(H2,25,26,29)/t16-/m0/s1. The van der Waals surface area contributed by atoms with Crippen molar-refractivity contribution in [2.45, 2.75) is 18.8 Å². The van der Waals surface area contributed by atoms with Crippen molar-refractivity contribution in [3.05, 3.63) is 97.8 Å². The quantitative estimate of drug-likeness (QED) is 0.423. The molecular formula is C23H21N3O5. The summed E-state index contributed by atoms with van der Waals surface area (Å²) in [6, 6.07) is 14.2. The van der Waals surface area contributed by atoms with Crippen molar-refractivity contribution in [3.63, 3.8) is 0 Å². The Morgan fingerprint density at radius 3 is 2.55 bits per heavy atom. The van der Waals surface area contributed by atoms with Crippen LogP contribution >= 0.6 is 0 Å². The Balaban J connectivity index is 1.82. The number of H-pyrrole nitrogens is 2. The Kier molecular flexibility index (Phi) is 5.44. The second kappa shape index (κ2) is 8.35. The molecule has 31 heavy (non-hydrogen) atoms. The second-order valence-corrected chi connectivity index (χ2v) is 7.24. The molecule has 0 fully saturated rings. The van der Waals surface area contributed by atoms with Crippen molar-refractivity contribution in [2.75, 3.05) is 7.11 Å². The number of primary amides is 1. The lowest BCUT2D eigenvalue weighted by Gasteiger charge is -2.15. The molecule has 0 radical (unpaired) electrons. The minimum Gasteiger partial charge on any atom is -0.497 e. The molecule has 4 N–H and O–H groups in total. The van der Waals surface area contributed by atoms with Crippen LogP contribution in [0.5, 0.6) is 5.75 Å². The number of hydrogen-bond donors (Lipinski definition) is 3. The number of ether oxygens (including phenoxy) is 1. The molecule has 0 unspecified atom stereocenters. The van der Waals surface area contributed by atoms with E-state index < -0.39 is 17.4 Å². The fraction of sp³-hybridized carbons (Fsp3) is 0.174. The van der Waals surface area contributed by atoms with Crippen LogP contribution in [0.2, 0.25) is 0 Å². The maximum absolute atomic E-state index is 13.1. The molecular weight excluding hydrogens is 398 g/mol. The smallest absolute Gasteiger partial charge is 0.267 e. The molecule has 2 aromatic carbocycles. The summed E-state index contributed by atoms with van der Waals surface area (Å²) in [5.74, 6) is -0.762. The summed E-state index contributed by atoms with van der Waals surface area (Å²) < 4.78 is 10.8. The molecule has 158 valence electrons. The van der Waals surface area contributed by atoms with Gasteiger partial charge in [-0.25, -0.2) is 0 Å². The van der Waals surface area contributed by atoms with Gasteiger partial charge in [-0.3, -0.25) is 19.5 Å². The Labute approximate surface area is 176 Å². The van der Waals surface area contributed by atoms with Gasteiger partial charge in [0.05, 0.1) is 18.8 Å². The lowest BCUT2D eigenvalue weighted by Crippen LogP contribution is -2.25. The average Bonchev–Trinajstić information content (AvgIpc) is 3.13. The predicted octanol–water partition coefficient (Wildman–Crippen LogP) is 2.42. The fourth-order valence-electron chi connectivity index (χ4n) is 3.76. The second-order valence-electron chi connectivity index (χ2n) is 7.24. The van der Waals surface area contributed by atoms with Crippen LogP contribution in [0.3, 0.4) is 0 Å². The lowest BCUT2D eigenvalue weighted by molar-refractivity contribution is -0.118. The molecule has 1 atom stereocenters. The highest BCUT2D eigenvalue weighted by molar-refractivity contribution is 5.78. The molecule has 4 rings (SSSR count). The van der Waals surface area contributed by atoms with Gasteiger partial charge in [0.25, 0.3) is 5.56 Å². The van der Waals surface area contributed by atoms with Gasteiger partial charge < -0.3 is 20.0 Å². The number of hydrogen-bond acceptors (Lipinski definition) is 5. The van der Waals surface area contributed by atoms with Gasteiger partial charge in [-0.05, 0) is 29.8 Å². The molecule has 8 heteroatoms. The van der Waals surface area contributed by atoms with Crippen molar-refractivity contribution in [2.24, 2.45) is 5.73 Å². The number of para-hydroxylation sites is 1. The SMILES string of the molecule is COc1ccc(Cc2[nH][nH]c(=O)c2[C@@H](CC(N)=O)c2coc3ccccc3c2=O)cc1. The number of methoxy groups -OCH3 is 1. The molecule has 2 heterocycles. The van der Waals surface area contributed by atoms with Crippen molar-refractivity contribution >= 4 is 16.9 Å². The minimum atomic E-state index is -0.846. The van der Waals surface area contributed by atoms with E-state index >= 15 is 0 Å². The Bertz CT molecular complexity index is 1350. The van der Waals surface area contributed by atoms with E-state index in [2.05, 4.69) is 10.2 Å². The summed E-state index contributed by atoms with van der Waals surface area (Å²) in [5, 5.41) is 5.82. The number of carbonyl (C=O) groups excluding carboxylic acids is 1. The normalized spacial score (nSPS) is 12.0. The summed E-state index contributed by atoms with van der Waals surface area (Å²) in [6.45, 7) is 0. The maximum Gasteiger partial charge on any atom is 0.267 e. The third-order valence-corrected chi connectivity index (χ3v) is 5.27. The molecule has 0 saturated heterocycles. The zero-order valence-corrected chi connectivity index (χ0v) is 16.8. The molecule has 2 aromatic heterocycles. The Morgan fingerprint density at radius 2 is 1.84 bits per heavy atom. The van der Waals surface area contributed by atoms with Crippen LogP contribution < -0.4 is 21.5 Å². The molecule has 8 nitrogen and oxygen atoms in total. The van der Waals surface area contributed by atoms with Crippen LogP contribution in [0.25, 0.3) is 11.0 Å². The van der Waals surface area contributed by atoms with E-state index in [1.165, 1.54) is 6.26 Å². The monoisotopic (exact) mass is 419 g/mol. The van der Waals surface area contributed by atoms with Gasteiger partial charge in [-0.2, -0.15) is 0 Å². The van der Waals surface area contributed by atoms with Crippen LogP contribution in [0.1, 0.15) is 34.7 Å². The van der Waals surface area contributed by atoms with Gasteiger partial charge in [0, 0.05) is 35.6 Å². The molecule has 0 saturated carbocycles. The number of aromatic nitrogens is 2. The van der Waals surface area contributed by atoms with Crippen LogP contribution in [-0.4, -0.2) is 23.2 Å². The number of nitrogens with one attached hydrogen (secondary N) is 2. The van der Waals surface area contributed by atoms with Crippen LogP contribution in [0.15, 0.2) is 68.8 Å². The first kappa shape index (κ1) is 20.2. The van der Waals surface area contributed by atoms with E-state index in [1.54, 1.807) is 31.4 Å². The number of benzene rings is 2. The van der Waals surface area contributed by atoms with E-state index in [0.29, 0.717) is 28.8 Å². The zero-order chi connectivity index (χ0) is 22.0. The van der Waals surface area contributed by atoms with E-state index in [0.717, 1.165) is 5.56 Å². The average molecular weight is 419 g/mol. The predicted molar refractivity (Wildman–Crippen MR) is 115 cm³/mol. The van der Waals surface area contributed by atoms with Gasteiger partial charge in [0.1, 0.15) is 11.3 Å². The van der Waals surface area contributed by atoms with Gasteiger partial charge in [-0.15, -0.1) is 0 Å². The van der Waals surface area contributed by atoms with E-state index in [9.17, 15) is 14.4 Å². The first-order chi connectivity index (χ1) is 15.0. The van der Waals surface area contributed by atoms with E-state index in [1.807, 2.05) is 24.3 Å². The maximum atomic E-state index is 13.1. The third-order valence-electron chi connectivity index (χ3n) is 5.27. The Morgan fingerprint density at radius 1 is 1.10 bits per heavy atom. The molecule has 0 spiro atoms. The largest absolute Gasteiger partial charge is 0.497 e. The van der Waals surface area contributed by atoms with Crippen LogP contribution in [0, 0.1) is 0 Å². The van der Waals surface area contributed by atoms with Crippen molar-refractivity contribution in [1.29, 1.82) is 0 Å². The van der Waals surface area contributed by atoms with E-state index in [4.69, 9.17) is 14.9 Å². The number of carbonyl (C=O) groups is 1. The van der Waals surface area contributed by atoms with Crippen molar-refractivity contribution < 1.29 is 13.9 Å². The number of amides is 1. The van der Waals surface area contributed by atoms with Gasteiger partial charge in [0.2, 0.25) is 5.91 Å². The minimum absolute atomic E-state index is 0.207. The molecule has 0 aliphatic rings.